The highest BCUT2D eigenvalue weighted by Crippen LogP contribution is 2.35. The van der Waals surface area contributed by atoms with E-state index in [1.165, 1.54) is 43.1 Å². The van der Waals surface area contributed by atoms with Gasteiger partial charge in [-0.25, -0.2) is 4.79 Å². The monoisotopic (exact) mass is 425 g/mol. The molecule has 0 spiro atoms. The lowest BCUT2D eigenvalue weighted by molar-refractivity contribution is -0.407. The fraction of sp³-hybridized carbons (Fsp3) is 0.278. The number of amidine groups is 1. The topological polar surface area (TPSA) is 81.8 Å². The van der Waals surface area contributed by atoms with Crippen molar-refractivity contribution in [3.8, 4) is 0 Å². The van der Waals surface area contributed by atoms with Gasteiger partial charge >= 0.3 is 18.1 Å². The molecule has 4 amide bonds. The van der Waals surface area contributed by atoms with Gasteiger partial charge in [-0.05, 0) is 18.2 Å². The maximum Gasteiger partial charge on any atom is 0.445 e. The van der Waals surface area contributed by atoms with Crippen molar-refractivity contribution in [2.24, 2.45) is 10.9 Å². The van der Waals surface area contributed by atoms with E-state index in [9.17, 15) is 27.6 Å². The highest BCUT2D eigenvalue weighted by atomic mass is 32.2. The SMILES string of the molecule is CN1C(=O)C2C(SCC(=O)Nc3ccccc3C(F)(F)F)=CC=NC2=[N+](C)C1=O. The van der Waals surface area contributed by atoms with Crippen molar-refractivity contribution in [3.63, 3.8) is 0 Å². The minimum Gasteiger partial charge on any atom is -0.325 e. The molecule has 1 aromatic rings. The number of anilines is 1. The van der Waals surface area contributed by atoms with Gasteiger partial charge < -0.3 is 5.32 Å². The average molecular weight is 425 g/mol. The zero-order valence-corrected chi connectivity index (χ0v) is 16.2. The lowest BCUT2D eigenvalue weighted by Gasteiger charge is -2.26. The smallest absolute Gasteiger partial charge is 0.325 e. The molecule has 152 valence electrons. The van der Waals surface area contributed by atoms with Gasteiger partial charge in [0.1, 0.15) is 6.21 Å². The number of carbonyl (C=O) groups excluding carboxylic acids is 3. The van der Waals surface area contributed by atoms with Crippen LogP contribution in [-0.4, -0.2) is 59.2 Å². The molecule has 0 aliphatic carbocycles. The lowest BCUT2D eigenvalue weighted by atomic mass is 10.0. The summed E-state index contributed by atoms with van der Waals surface area (Å²) in [7, 11) is 2.83. The van der Waals surface area contributed by atoms with Crippen LogP contribution in [0.4, 0.5) is 23.7 Å². The van der Waals surface area contributed by atoms with Gasteiger partial charge in [-0.3, -0.25) is 9.59 Å². The first kappa shape index (κ1) is 20.8. The number of nitrogens with zero attached hydrogens (tertiary/aromatic N) is 3. The number of dihydropyridines is 1. The van der Waals surface area contributed by atoms with Crippen molar-refractivity contribution in [1.29, 1.82) is 0 Å². The van der Waals surface area contributed by atoms with Crippen molar-refractivity contribution in [1.82, 2.24) is 4.90 Å². The Morgan fingerprint density at radius 2 is 2.00 bits per heavy atom. The molecule has 1 atom stereocenters. The van der Waals surface area contributed by atoms with Crippen molar-refractivity contribution in [2.45, 2.75) is 6.18 Å². The van der Waals surface area contributed by atoms with Crippen LogP contribution in [0.1, 0.15) is 5.56 Å². The van der Waals surface area contributed by atoms with Crippen molar-refractivity contribution >= 4 is 47.3 Å². The quantitative estimate of drug-likeness (QED) is 0.752. The standard InChI is InChI=1S/C18H15F3N4O3S/c1-24-15-14(16(27)25(2)17(24)28)12(7-8-22-15)29-9-13(26)23-11-6-4-3-5-10(11)18(19,20)21/h3-8,14H,9H2,1-2H3/p+1. The van der Waals surface area contributed by atoms with E-state index < -0.39 is 35.5 Å². The lowest BCUT2D eigenvalue weighted by Crippen LogP contribution is -2.52. The summed E-state index contributed by atoms with van der Waals surface area (Å²) < 4.78 is 40.4. The number of aliphatic imine (C=N–C) groups is 1. The van der Waals surface area contributed by atoms with Gasteiger partial charge in [0.15, 0.2) is 5.92 Å². The number of carbonyl (C=O) groups is 3. The molecular weight excluding hydrogens is 409 g/mol. The molecule has 29 heavy (non-hydrogen) atoms. The Morgan fingerprint density at radius 3 is 2.69 bits per heavy atom. The molecule has 1 unspecified atom stereocenters. The first-order chi connectivity index (χ1) is 13.6. The maximum atomic E-state index is 13.1. The largest absolute Gasteiger partial charge is 0.445 e. The van der Waals surface area contributed by atoms with Gasteiger partial charge in [-0.15, -0.1) is 16.8 Å². The molecule has 3 rings (SSSR count). The number of halogens is 3. The Balaban J connectivity index is 1.73. The number of allylic oxidation sites excluding steroid dienone is 1. The van der Waals surface area contributed by atoms with E-state index in [0.717, 1.165) is 22.7 Å². The zero-order valence-electron chi connectivity index (χ0n) is 15.4. The number of hydrogen-bond donors (Lipinski definition) is 1. The van der Waals surface area contributed by atoms with Crippen LogP contribution in [0.5, 0.6) is 0 Å². The molecule has 2 aliphatic heterocycles. The third-order valence-corrected chi connectivity index (χ3v) is 5.47. The average Bonchev–Trinajstić information content (AvgIpc) is 2.68. The molecule has 0 saturated carbocycles. The Morgan fingerprint density at radius 1 is 1.31 bits per heavy atom. The summed E-state index contributed by atoms with van der Waals surface area (Å²) in [5.41, 5.74) is -1.28. The van der Waals surface area contributed by atoms with Crippen LogP contribution < -0.4 is 5.32 Å². The number of rotatable bonds is 4. The summed E-state index contributed by atoms with van der Waals surface area (Å²) in [5, 5.41) is 2.26. The number of fused-ring (bicyclic) bond motifs is 1. The minimum absolute atomic E-state index is 0.218. The van der Waals surface area contributed by atoms with Gasteiger partial charge in [-0.1, -0.05) is 12.1 Å². The molecule has 0 saturated heterocycles. The number of para-hydroxylation sites is 1. The zero-order chi connectivity index (χ0) is 21.3. The third-order valence-electron chi connectivity index (χ3n) is 4.36. The number of thioether (sulfide) groups is 1. The van der Waals surface area contributed by atoms with Gasteiger partial charge in [0.05, 0.1) is 31.1 Å². The highest BCUT2D eigenvalue weighted by Gasteiger charge is 2.47. The predicted octanol–water partition coefficient (Wildman–Crippen LogP) is 2.59. The first-order valence-electron chi connectivity index (χ1n) is 8.36. The fourth-order valence-electron chi connectivity index (χ4n) is 2.91. The third kappa shape index (κ3) is 4.09. The number of hydrogen-bond acceptors (Lipinski definition) is 5. The van der Waals surface area contributed by atoms with E-state index in [0.29, 0.717) is 4.91 Å². The molecule has 0 bridgehead atoms. The van der Waals surface area contributed by atoms with E-state index in [1.807, 2.05) is 0 Å². The number of urea groups is 1. The highest BCUT2D eigenvalue weighted by molar-refractivity contribution is 8.03. The molecule has 2 aliphatic rings. The summed E-state index contributed by atoms with van der Waals surface area (Å²) >= 11 is 1.00. The Kier molecular flexibility index (Phi) is 5.60. The Bertz CT molecular complexity index is 985. The summed E-state index contributed by atoms with van der Waals surface area (Å²) in [6.07, 6.45) is -1.64. The number of alkyl halides is 3. The molecular formula is C18H16F3N4O3S+. The predicted molar refractivity (Wildman–Crippen MR) is 102 cm³/mol. The molecule has 11 heteroatoms. The van der Waals surface area contributed by atoms with Crippen molar-refractivity contribution in [3.05, 3.63) is 40.8 Å². The van der Waals surface area contributed by atoms with Gasteiger partial charge in [-0.2, -0.15) is 22.6 Å². The number of benzene rings is 1. The van der Waals surface area contributed by atoms with Gasteiger partial charge in [0.25, 0.3) is 5.84 Å². The first-order valence-corrected chi connectivity index (χ1v) is 9.35. The Hall–Kier alpha value is -2.95. The van der Waals surface area contributed by atoms with Crippen LogP contribution in [0.2, 0.25) is 0 Å². The molecule has 0 radical (unpaired) electrons. The molecule has 1 N–H and O–H groups in total. The maximum absolute atomic E-state index is 13.1. The van der Waals surface area contributed by atoms with Gasteiger partial charge in [0, 0.05) is 4.91 Å². The normalized spacial score (nSPS) is 19.3. The Labute approximate surface area is 168 Å². The number of nitrogens with one attached hydrogen (secondary N) is 1. The molecule has 0 aromatic heterocycles. The summed E-state index contributed by atoms with van der Waals surface area (Å²) in [6.45, 7) is 0. The molecule has 2 heterocycles. The second-order valence-corrected chi connectivity index (χ2v) is 7.31. The van der Waals surface area contributed by atoms with Crippen LogP contribution in [-0.2, 0) is 15.8 Å². The van der Waals surface area contributed by atoms with E-state index in [-0.39, 0.29) is 17.3 Å². The number of imide groups is 1. The van der Waals surface area contributed by atoms with E-state index in [4.69, 9.17) is 0 Å². The van der Waals surface area contributed by atoms with Gasteiger partial charge in [0.2, 0.25) is 5.91 Å². The fourth-order valence-corrected chi connectivity index (χ4v) is 3.81. The second kappa shape index (κ2) is 7.82. The van der Waals surface area contributed by atoms with Crippen LogP contribution in [0.3, 0.4) is 0 Å². The minimum atomic E-state index is -4.60. The van der Waals surface area contributed by atoms with Crippen LogP contribution in [0, 0.1) is 5.92 Å². The molecule has 7 nitrogen and oxygen atoms in total. The summed E-state index contributed by atoms with van der Waals surface area (Å²) in [4.78, 5) is 42.3. The van der Waals surface area contributed by atoms with Crippen LogP contribution in [0.25, 0.3) is 0 Å². The summed E-state index contributed by atoms with van der Waals surface area (Å²) in [5.74, 6) is -1.96. The number of amides is 4. The second-order valence-electron chi connectivity index (χ2n) is 6.26. The van der Waals surface area contributed by atoms with E-state index in [1.54, 1.807) is 6.08 Å². The van der Waals surface area contributed by atoms with Crippen LogP contribution in [0.15, 0.2) is 40.2 Å². The molecule has 0 fully saturated rings. The van der Waals surface area contributed by atoms with Crippen LogP contribution >= 0.6 is 11.8 Å². The summed E-state index contributed by atoms with van der Waals surface area (Å²) in [6, 6.07) is 4.16. The molecule has 1 aromatic carbocycles. The van der Waals surface area contributed by atoms with Crippen molar-refractivity contribution < 1.29 is 32.1 Å². The van der Waals surface area contributed by atoms with Crippen molar-refractivity contribution in [2.75, 3.05) is 25.2 Å². The van der Waals surface area contributed by atoms with E-state index >= 15 is 0 Å². The van der Waals surface area contributed by atoms with E-state index in [2.05, 4.69) is 10.3 Å².